The minimum Gasteiger partial charge on any atom is -0.357 e. The lowest BCUT2D eigenvalue weighted by molar-refractivity contribution is -0.121. The van der Waals surface area contributed by atoms with Gasteiger partial charge in [-0.3, -0.25) is 9.79 Å². The van der Waals surface area contributed by atoms with Crippen LogP contribution in [0.25, 0.3) is 0 Å². The lowest BCUT2D eigenvalue weighted by Crippen LogP contribution is -2.46. The maximum atomic E-state index is 11.6. The molecule has 0 aromatic carbocycles. The summed E-state index contributed by atoms with van der Waals surface area (Å²) in [6.45, 7) is 8.22. The van der Waals surface area contributed by atoms with Crippen molar-refractivity contribution in [3.8, 4) is 0 Å². The quantitative estimate of drug-likeness (QED) is 0.446. The predicted molar refractivity (Wildman–Crippen MR) is 86.3 cm³/mol. The van der Waals surface area contributed by atoms with Crippen molar-refractivity contribution in [2.24, 2.45) is 10.9 Å². The number of nitrogens with zero attached hydrogens (tertiary/aromatic N) is 2. The fraction of sp³-hybridized carbons (Fsp3) is 0.875. The third-order valence-corrected chi connectivity index (χ3v) is 4.06. The maximum absolute atomic E-state index is 11.6. The van der Waals surface area contributed by atoms with Gasteiger partial charge in [0.15, 0.2) is 5.96 Å². The average Bonchev–Trinajstić information content (AvgIpc) is 3.26. The number of hydrogen-bond acceptors (Lipinski definition) is 2. The summed E-state index contributed by atoms with van der Waals surface area (Å²) in [5.41, 5.74) is 0. The second-order valence-electron chi connectivity index (χ2n) is 6.37. The number of carbonyl (C=O) groups is 1. The van der Waals surface area contributed by atoms with Crippen molar-refractivity contribution in [1.82, 2.24) is 15.5 Å². The summed E-state index contributed by atoms with van der Waals surface area (Å²) in [6.07, 6.45) is 6.29. The highest BCUT2D eigenvalue weighted by atomic mass is 16.1. The molecule has 1 aliphatic heterocycles. The van der Waals surface area contributed by atoms with Gasteiger partial charge in [0.05, 0.1) is 0 Å². The fourth-order valence-corrected chi connectivity index (χ4v) is 2.76. The van der Waals surface area contributed by atoms with Gasteiger partial charge in [0.25, 0.3) is 0 Å². The van der Waals surface area contributed by atoms with Gasteiger partial charge in [-0.15, -0.1) is 0 Å². The van der Waals surface area contributed by atoms with Gasteiger partial charge in [0.1, 0.15) is 0 Å². The number of carbonyl (C=O) groups excluding carboxylic acids is 1. The van der Waals surface area contributed by atoms with E-state index >= 15 is 0 Å². The molecular weight excluding hydrogens is 264 g/mol. The third-order valence-electron chi connectivity index (χ3n) is 4.06. The minimum absolute atomic E-state index is 0.185. The Morgan fingerprint density at radius 3 is 2.81 bits per heavy atom. The predicted octanol–water partition coefficient (Wildman–Crippen LogP) is 1.74. The van der Waals surface area contributed by atoms with Gasteiger partial charge in [-0.25, -0.2) is 0 Å². The number of nitrogens with one attached hydrogen (secondary N) is 2. The Morgan fingerprint density at radius 2 is 2.14 bits per heavy atom. The first-order chi connectivity index (χ1) is 10.2. The monoisotopic (exact) mass is 294 g/mol. The van der Waals surface area contributed by atoms with E-state index in [9.17, 15) is 4.79 Å². The minimum atomic E-state index is 0.185. The van der Waals surface area contributed by atoms with Crippen LogP contribution in [0.5, 0.6) is 0 Å². The maximum Gasteiger partial charge on any atom is 0.220 e. The normalized spacial score (nSPS) is 23.0. The van der Waals surface area contributed by atoms with E-state index in [2.05, 4.69) is 34.4 Å². The highest BCUT2D eigenvalue weighted by Gasteiger charge is 2.22. The second kappa shape index (κ2) is 8.25. The molecule has 1 saturated carbocycles. The number of hydrogen-bond donors (Lipinski definition) is 2. The molecule has 0 spiro atoms. The van der Waals surface area contributed by atoms with Crippen LogP contribution in [0.3, 0.4) is 0 Å². The number of rotatable bonds is 6. The van der Waals surface area contributed by atoms with Crippen LogP contribution >= 0.6 is 0 Å². The summed E-state index contributed by atoms with van der Waals surface area (Å²) < 4.78 is 0. The van der Waals surface area contributed by atoms with Gasteiger partial charge in [0, 0.05) is 38.6 Å². The Bertz CT molecular complexity index is 365. The molecule has 1 aliphatic carbocycles. The third kappa shape index (κ3) is 5.94. The van der Waals surface area contributed by atoms with Gasteiger partial charge >= 0.3 is 0 Å². The van der Waals surface area contributed by atoms with Gasteiger partial charge in [-0.05, 0) is 44.9 Å². The molecule has 1 saturated heterocycles. The van der Waals surface area contributed by atoms with E-state index in [4.69, 9.17) is 0 Å². The first kappa shape index (κ1) is 16.1. The van der Waals surface area contributed by atoms with Crippen LogP contribution in [-0.4, -0.2) is 49.0 Å². The lowest BCUT2D eigenvalue weighted by atomic mass is 10.0. The smallest absolute Gasteiger partial charge is 0.220 e. The Morgan fingerprint density at radius 1 is 1.33 bits per heavy atom. The number of aliphatic imine (C=N–C) groups is 1. The molecule has 1 atom stereocenters. The van der Waals surface area contributed by atoms with Crippen molar-refractivity contribution in [2.45, 2.75) is 58.4 Å². The Hall–Kier alpha value is -1.26. The molecule has 0 radical (unpaired) electrons. The molecule has 120 valence electrons. The van der Waals surface area contributed by atoms with Gasteiger partial charge in [-0.2, -0.15) is 0 Å². The van der Waals surface area contributed by atoms with E-state index < -0.39 is 0 Å². The van der Waals surface area contributed by atoms with Crippen LogP contribution in [0, 0.1) is 5.92 Å². The fourth-order valence-electron chi connectivity index (χ4n) is 2.76. The van der Waals surface area contributed by atoms with E-state index in [1.807, 2.05) is 0 Å². The zero-order chi connectivity index (χ0) is 15.1. The molecule has 21 heavy (non-hydrogen) atoms. The summed E-state index contributed by atoms with van der Waals surface area (Å²) >= 11 is 0. The molecular formula is C16H30N4O. The summed E-state index contributed by atoms with van der Waals surface area (Å²) in [5.74, 6) is 1.95. The molecule has 2 N–H and O–H groups in total. The van der Waals surface area contributed by atoms with Gasteiger partial charge < -0.3 is 15.5 Å². The lowest BCUT2D eigenvalue weighted by Gasteiger charge is -2.33. The molecule has 1 amide bonds. The van der Waals surface area contributed by atoms with Crippen LogP contribution in [0.15, 0.2) is 4.99 Å². The standard InChI is InChI=1S/C16H30N4O/c1-3-17-16(20-11-5-6-13(2)12-20)18-10-4-7-15(21)19-14-8-9-14/h13-14H,3-12H2,1-2H3,(H,17,18)(H,19,21). The van der Waals surface area contributed by atoms with E-state index in [0.717, 1.165) is 57.3 Å². The molecule has 2 fully saturated rings. The zero-order valence-electron chi connectivity index (χ0n) is 13.5. The Labute approximate surface area is 128 Å². The van der Waals surface area contributed by atoms with Crippen molar-refractivity contribution in [3.63, 3.8) is 0 Å². The van der Waals surface area contributed by atoms with Crippen molar-refractivity contribution in [1.29, 1.82) is 0 Å². The zero-order valence-corrected chi connectivity index (χ0v) is 13.5. The molecule has 1 heterocycles. The van der Waals surface area contributed by atoms with Crippen LogP contribution < -0.4 is 10.6 Å². The van der Waals surface area contributed by atoms with Crippen molar-refractivity contribution >= 4 is 11.9 Å². The number of likely N-dealkylation sites (tertiary alicyclic amines) is 1. The van der Waals surface area contributed by atoms with Crippen LogP contribution in [0.2, 0.25) is 0 Å². The van der Waals surface area contributed by atoms with Gasteiger partial charge in [-0.1, -0.05) is 6.92 Å². The van der Waals surface area contributed by atoms with Crippen molar-refractivity contribution in [3.05, 3.63) is 0 Å². The molecule has 5 nitrogen and oxygen atoms in total. The van der Waals surface area contributed by atoms with Crippen molar-refractivity contribution < 1.29 is 4.79 Å². The summed E-state index contributed by atoms with van der Waals surface area (Å²) in [4.78, 5) is 18.7. The second-order valence-corrected chi connectivity index (χ2v) is 6.37. The largest absolute Gasteiger partial charge is 0.357 e. The van der Waals surface area contributed by atoms with Crippen LogP contribution in [-0.2, 0) is 4.79 Å². The Kier molecular flexibility index (Phi) is 6.33. The number of guanidine groups is 1. The summed E-state index contributed by atoms with van der Waals surface area (Å²) in [6, 6.07) is 0.466. The average molecular weight is 294 g/mol. The van der Waals surface area contributed by atoms with E-state index in [1.54, 1.807) is 0 Å². The molecule has 0 aromatic rings. The molecule has 0 aromatic heterocycles. The first-order valence-electron chi connectivity index (χ1n) is 8.51. The SMILES string of the molecule is CCNC(=NCCCC(=O)NC1CC1)N1CCCC(C)C1. The molecule has 2 aliphatic rings. The van der Waals surface area contributed by atoms with E-state index in [-0.39, 0.29) is 5.91 Å². The molecule has 2 rings (SSSR count). The van der Waals surface area contributed by atoms with Crippen LogP contribution in [0.1, 0.15) is 52.4 Å². The topological polar surface area (TPSA) is 56.7 Å². The number of amides is 1. The van der Waals surface area contributed by atoms with E-state index in [1.165, 1.54) is 12.8 Å². The van der Waals surface area contributed by atoms with Gasteiger partial charge in [0.2, 0.25) is 5.91 Å². The van der Waals surface area contributed by atoms with E-state index in [0.29, 0.717) is 12.5 Å². The highest BCUT2D eigenvalue weighted by molar-refractivity contribution is 5.80. The molecule has 0 bridgehead atoms. The first-order valence-corrected chi connectivity index (χ1v) is 8.51. The van der Waals surface area contributed by atoms with Crippen LogP contribution in [0.4, 0.5) is 0 Å². The molecule has 5 heteroatoms. The summed E-state index contributed by atoms with van der Waals surface area (Å²) in [5, 5.41) is 6.40. The van der Waals surface area contributed by atoms with Crippen molar-refractivity contribution in [2.75, 3.05) is 26.2 Å². The Balaban J connectivity index is 1.72. The number of piperidine rings is 1. The summed E-state index contributed by atoms with van der Waals surface area (Å²) in [7, 11) is 0. The highest BCUT2D eigenvalue weighted by Crippen LogP contribution is 2.18. The molecule has 1 unspecified atom stereocenters.